The normalized spacial score (nSPS) is 17.0. The second-order valence-electron chi connectivity index (χ2n) is 11.3. The van der Waals surface area contributed by atoms with E-state index in [9.17, 15) is 24.0 Å². The van der Waals surface area contributed by atoms with Gasteiger partial charge in [-0.25, -0.2) is 0 Å². The summed E-state index contributed by atoms with van der Waals surface area (Å²) in [4.78, 5) is 64.3. The Morgan fingerprint density at radius 3 is 2.44 bits per heavy atom. The van der Waals surface area contributed by atoms with E-state index in [0.717, 1.165) is 34.7 Å². The van der Waals surface area contributed by atoms with Gasteiger partial charge in [0, 0.05) is 32.3 Å². The number of methoxy groups -OCH3 is 1. The Morgan fingerprint density at radius 2 is 1.70 bits per heavy atom. The molecule has 0 spiro atoms. The van der Waals surface area contributed by atoms with E-state index in [2.05, 4.69) is 10.6 Å². The van der Waals surface area contributed by atoms with Crippen LogP contribution in [0, 0.1) is 11.8 Å². The number of hydrogen-bond acceptors (Lipinski definition) is 6. The van der Waals surface area contributed by atoms with Gasteiger partial charge in [0.15, 0.2) is 5.78 Å². The number of rotatable bonds is 15. The number of carbonyl (C=O) groups excluding carboxylic acids is 5. The minimum absolute atomic E-state index is 0.0372. The number of nitrogens with one attached hydrogen (secondary N) is 2. The molecule has 0 bridgehead atoms. The molecule has 1 fully saturated rings. The van der Waals surface area contributed by atoms with Crippen LogP contribution >= 0.6 is 0 Å². The van der Waals surface area contributed by atoms with Gasteiger partial charge < -0.3 is 20.2 Å². The van der Waals surface area contributed by atoms with E-state index in [4.69, 9.17) is 4.74 Å². The smallest absolute Gasteiger partial charge is 0.226 e. The minimum atomic E-state index is -0.879. The highest BCUT2D eigenvalue weighted by molar-refractivity contribution is 5.94. The molecule has 8 nitrogen and oxygen atoms in total. The van der Waals surface area contributed by atoms with Crippen LogP contribution in [-0.4, -0.2) is 55.5 Å². The maximum absolute atomic E-state index is 13.8. The lowest BCUT2D eigenvalue weighted by molar-refractivity contribution is -0.134. The summed E-state index contributed by atoms with van der Waals surface area (Å²) in [6.07, 6.45) is 4.06. The van der Waals surface area contributed by atoms with Gasteiger partial charge in [-0.2, -0.15) is 0 Å². The van der Waals surface area contributed by atoms with Crippen molar-refractivity contribution in [3.05, 3.63) is 83.9 Å². The molecule has 8 heteroatoms. The molecule has 0 aromatic heterocycles. The molecule has 0 aliphatic heterocycles. The van der Waals surface area contributed by atoms with Crippen molar-refractivity contribution >= 4 is 40.4 Å². The van der Waals surface area contributed by atoms with E-state index in [1.54, 1.807) is 0 Å². The van der Waals surface area contributed by atoms with Gasteiger partial charge in [0.05, 0.1) is 31.0 Å². The lowest BCUT2D eigenvalue weighted by Crippen LogP contribution is -2.47. The van der Waals surface area contributed by atoms with Crippen molar-refractivity contribution in [2.24, 2.45) is 11.8 Å². The van der Waals surface area contributed by atoms with Crippen LogP contribution in [0.4, 0.5) is 0 Å². The molecule has 0 saturated heterocycles. The third kappa shape index (κ3) is 9.16. The van der Waals surface area contributed by atoms with Crippen LogP contribution in [0.1, 0.15) is 49.7 Å². The quantitative estimate of drug-likeness (QED) is 0.259. The number of ketones is 2. The van der Waals surface area contributed by atoms with E-state index >= 15 is 0 Å². The van der Waals surface area contributed by atoms with E-state index in [1.807, 2.05) is 72.8 Å². The van der Waals surface area contributed by atoms with Gasteiger partial charge in [0.1, 0.15) is 12.1 Å². The average molecular weight is 585 g/mol. The van der Waals surface area contributed by atoms with Crippen molar-refractivity contribution in [3.63, 3.8) is 0 Å². The summed E-state index contributed by atoms with van der Waals surface area (Å²) in [5.74, 6) is -2.10. The molecule has 3 aromatic carbocycles. The lowest BCUT2D eigenvalue weighted by Gasteiger charge is -2.25. The van der Waals surface area contributed by atoms with Crippen molar-refractivity contribution in [2.45, 2.75) is 63.5 Å². The predicted molar refractivity (Wildman–Crippen MR) is 164 cm³/mol. The molecule has 226 valence electrons. The highest BCUT2D eigenvalue weighted by Gasteiger charge is 2.31. The summed E-state index contributed by atoms with van der Waals surface area (Å²) in [6.45, 7) is -0.0372. The largest absolute Gasteiger partial charge is 0.384 e. The molecule has 0 heterocycles. The van der Waals surface area contributed by atoms with Crippen LogP contribution in [0.5, 0.6) is 0 Å². The van der Waals surface area contributed by atoms with Crippen LogP contribution in [0.15, 0.2) is 72.8 Å². The van der Waals surface area contributed by atoms with Crippen LogP contribution in [0.2, 0.25) is 0 Å². The molecule has 1 saturated carbocycles. The van der Waals surface area contributed by atoms with Gasteiger partial charge in [-0.1, -0.05) is 79.2 Å². The van der Waals surface area contributed by atoms with E-state index in [0.29, 0.717) is 19.1 Å². The van der Waals surface area contributed by atoms with Gasteiger partial charge in [0.25, 0.3) is 0 Å². The maximum atomic E-state index is 13.8. The highest BCUT2D eigenvalue weighted by Crippen LogP contribution is 2.25. The van der Waals surface area contributed by atoms with Crippen LogP contribution < -0.4 is 10.6 Å². The summed E-state index contributed by atoms with van der Waals surface area (Å²) in [5, 5.41) is 7.66. The molecule has 1 aliphatic carbocycles. The molecular formula is C35H40N2O6. The van der Waals surface area contributed by atoms with Crippen molar-refractivity contribution in [2.75, 3.05) is 13.7 Å². The second kappa shape index (κ2) is 15.9. The first-order valence-corrected chi connectivity index (χ1v) is 15.0. The molecule has 2 N–H and O–H groups in total. The fourth-order valence-corrected chi connectivity index (χ4v) is 5.84. The Morgan fingerprint density at radius 1 is 0.953 bits per heavy atom. The van der Waals surface area contributed by atoms with Crippen LogP contribution in [-0.2, 0) is 41.6 Å². The number of Topliss-reactive ketones (excluding diaryl/α,β-unsaturated/α-hetero) is 2. The third-order valence-corrected chi connectivity index (χ3v) is 8.13. The van der Waals surface area contributed by atoms with Gasteiger partial charge >= 0.3 is 0 Å². The lowest BCUT2D eigenvalue weighted by atomic mass is 9.83. The third-order valence-electron chi connectivity index (χ3n) is 8.13. The average Bonchev–Trinajstić information content (AvgIpc) is 3.01. The van der Waals surface area contributed by atoms with Gasteiger partial charge in [-0.05, 0) is 41.2 Å². The molecule has 1 aliphatic rings. The van der Waals surface area contributed by atoms with Crippen molar-refractivity contribution < 1.29 is 28.7 Å². The summed E-state index contributed by atoms with van der Waals surface area (Å²) >= 11 is 0. The molecule has 2 amide bonds. The molecule has 4 rings (SSSR count). The van der Waals surface area contributed by atoms with Crippen molar-refractivity contribution in [1.82, 2.24) is 10.6 Å². The molecule has 0 radical (unpaired) electrons. The topological polar surface area (TPSA) is 119 Å². The zero-order valence-corrected chi connectivity index (χ0v) is 24.6. The summed E-state index contributed by atoms with van der Waals surface area (Å²) in [6, 6.07) is 21.3. The molecule has 0 unspecified atom stereocenters. The first-order valence-electron chi connectivity index (χ1n) is 15.0. The molecular weight excluding hydrogens is 544 g/mol. The molecule has 43 heavy (non-hydrogen) atoms. The Hall–Kier alpha value is -4.17. The van der Waals surface area contributed by atoms with E-state index < -0.39 is 23.9 Å². The van der Waals surface area contributed by atoms with Crippen LogP contribution in [0.3, 0.4) is 0 Å². The van der Waals surface area contributed by atoms with Gasteiger partial charge in [-0.15, -0.1) is 0 Å². The highest BCUT2D eigenvalue weighted by atomic mass is 16.5. The number of ether oxygens (including phenoxy) is 1. The number of hydrogen-bond donors (Lipinski definition) is 2. The Bertz CT molecular complexity index is 1420. The first-order chi connectivity index (χ1) is 20.9. The second-order valence-corrected chi connectivity index (χ2v) is 11.3. The van der Waals surface area contributed by atoms with Gasteiger partial charge in [-0.3, -0.25) is 19.2 Å². The fraction of sp³-hybridized carbons (Fsp3) is 0.400. The standard InChI is InChI=1S/C35H40N2O6/c1-43-23-28(35(42)36-29(22-38)19-27-13-6-8-17-32(27)39)21-33(40)31(37-34(41)18-24-10-3-2-4-11-24)20-26-15-9-14-25-12-5-7-16-30(25)26/h2-5,7,9-12,14-16,22,27-29,31H,6,8,13,17-21,23H2,1H3,(H,36,42)(H,37,41)/t27-,28-,29-,31-/m0/s1. The van der Waals surface area contributed by atoms with Gasteiger partial charge in [0.2, 0.25) is 11.8 Å². The number of fused-ring (bicyclic) bond motifs is 1. The molecule has 3 aromatic rings. The summed E-state index contributed by atoms with van der Waals surface area (Å²) in [5.41, 5.74) is 1.73. The summed E-state index contributed by atoms with van der Waals surface area (Å²) in [7, 11) is 1.44. The van der Waals surface area contributed by atoms with Crippen molar-refractivity contribution in [1.29, 1.82) is 0 Å². The number of benzene rings is 3. The number of aldehydes is 1. The predicted octanol–water partition coefficient (Wildman–Crippen LogP) is 4.16. The van der Waals surface area contributed by atoms with E-state index in [1.165, 1.54) is 7.11 Å². The maximum Gasteiger partial charge on any atom is 0.226 e. The molecule has 4 atom stereocenters. The Kier molecular flexibility index (Phi) is 11.7. The van der Waals surface area contributed by atoms with E-state index in [-0.39, 0.29) is 55.7 Å². The minimum Gasteiger partial charge on any atom is -0.384 e. The zero-order chi connectivity index (χ0) is 30.6. The first kappa shape index (κ1) is 31.8. The number of carbonyl (C=O) groups is 5. The number of amides is 2. The SMILES string of the molecule is COC[C@H](CC(=O)[C@H](Cc1cccc2ccccc12)NC(=O)Cc1ccccc1)C(=O)N[C@H](C=O)C[C@@H]1CCCCC1=O. The zero-order valence-electron chi connectivity index (χ0n) is 24.6. The Balaban J connectivity index is 1.49. The van der Waals surface area contributed by atoms with Crippen molar-refractivity contribution in [3.8, 4) is 0 Å². The monoisotopic (exact) mass is 584 g/mol. The Labute approximate surface area is 252 Å². The fourth-order valence-electron chi connectivity index (χ4n) is 5.84. The van der Waals surface area contributed by atoms with Crippen LogP contribution in [0.25, 0.3) is 10.8 Å². The summed E-state index contributed by atoms with van der Waals surface area (Å²) < 4.78 is 5.28.